The summed E-state index contributed by atoms with van der Waals surface area (Å²) in [5.41, 5.74) is 0.312. The highest BCUT2D eigenvalue weighted by molar-refractivity contribution is 7.71. The first kappa shape index (κ1) is 22.0. The van der Waals surface area contributed by atoms with Gasteiger partial charge in [-0.25, -0.2) is 0 Å². The van der Waals surface area contributed by atoms with Gasteiger partial charge in [0.25, 0.3) is 5.56 Å². The number of benzene rings is 2. The fraction of sp³-hybridized carbons (Fsp3) is 0.200. The van der Waals surface area contributed by atoms with Crippen molar-refractivity contribution in [3.05, 3.63) is 63.2 Å². The number of amides is 1. The molecule has 2 N–H and O–H groups in total. The molecule has 31 heavy (non-hydrogen) atoms. The van der Waals surface area contributed by atoms with Crippen LogP contribution in [-0.4, -0.2) is 28.2 Å². The Morgan fingerprint density at radius 2 is 2.00 bits per heavy atom. The number of alkyl halides is 3. The van der Waals surface area contributed by atoms with E-state index in [9.17, 15) is 22.8 Å². The van der Waals surface area contributed by atoms with Gasteiger partial charge >= 0.3 is 6.18 Å². The van der Waals surface area contributed by atoms with Crippen LogP contribution in [0, 0.1) is 16.1 Å². The molecule has 160 valence electrons. The van der Waals surface area contributed by atoms with Crippen molar-refractivity contribution in [1.29, 1.82) is 5.26 Å². The van der Waals surface area contributed by atoms with Crippen molar-refractivity contribution in [3.8, 4) is 11.8 Å². The zero-order valence-electron chi connectivity index (χ0n) is 15.8. The van der Waals surface area contributed by atoms with E-state index in [1.807, 2.05) is 0 Å². The van der Waals surface area contributed by atoms with Crippen molar-refractivity contribution >= 4 is 34.7 Å². The van der Waals surface area contributed by atoms with Crippen molar-refractivity contribution in [1.82, 2.24) is 9.55 Å². The highest BCUT2D eigenvalue weighted by Gasteiger charge is 2.28. The van der Waals surface area contributed by atoms with E-state index in [4.69, 9.17) is 17.5 Å². The summed E-state index contributed by atoms with van der Waals surface area (Å²) in [4.78, 5) is 27.8. The summed E-state index contributed by atoms with van der Waals surface area (Å²) >= 11 is 5.19. The maximum absolute atomic E-state index is 12.6. The Balaban J connectivity index is 1.69. The Labute approximate surface area is 178 Å². The number of rotatable bonds is 6. The molecule has 3 aromatic rings. The number of anilines is 1. The van der Waals surface area contributed by atoms with Gasteiger partial charge in [-0.3, -0.25) is 14.2 Å². The zero-order valence-corrected chi connectivity index (χ0v) is 16.6. The van der Waals surface area contributed by atoms with Gasteiger partial charge in [-0.2, -0.15) is 18.4 Å². The number of halogens is 3. The van der Waals surface area contributed by atoms with Crippen LogP contribution in [-0.2, 0) is 11.3 Å². The number of ether oxygens (including phenoxy) is 1. The molecule has 1 aromatic heterocycles. The van der Waals surface area contributed by atoms with Gasteiger partial charge in [0.2, 0.25) is 5.91 Å². The van der Waals surface area contributed by atoms with Gasteiger partial charge in [0.05, 0.1) is 16.5 Å². The van der Waals surface area contributed by atoms with Crippen molar-refractivity contribution in [2.24, 2.45) is 0 Å². The van der Waals surface area contributed by atoms with Crippen molar-refractivity contribution in [3.63, 3.8) is 0 Å². The van der Waals surface area contributed by atoms with Crippen LogP contribution in [0.15, 0.2) is 47.3 Å². The second-order valence-corrected chi connectivity index (χ2v) is 6.84. The second kappa shape index (κ2) is 9.01. The second-order valence-electron chi connectivity index (χ2n) is 6.46. The fourth-order valence-electron chi connectivity index (χ4n) is 2.82. The van der Waals surface area contributed by atoms with E-state index >= 15 is 0 Å². The minimum Gasteiger partial charge on any atom is -0.483 e. The minimum absolute atomic E-state index is 0.0166. The minimum atomic E-state index is -4.54. The monoisotopic (exact) mass is 448 g/mol. The topological polar surface area (TPSA) is 99.9 Å². The average molecular weight is 448 g/mol. The first-order valence-corrected chi connectivity index (χ1v) is 9.34. The molecule has 11 heteroatoms. The van der Waals surface area contributed by atoms with E-state index in [1.165, 1.54) is 22.8 Å². The predicted octanol–water partition coefficient (Wildman–Crippen LogP) is 3.90. The number of nitrogens with zero attached hydrogens (tertiary/aromatic N) is 2. The molecule has 0 atom stereocenters. The van der Waals surface area contributed by atoms with Crippen LogP contribution in [0.4, 0.5) is 18.9 Å². The first-order valence-electron chi connectivity index (χ1n) is 8.93. The number of hydrogen-bond donors (Lipinski definition) is 2. The van der Waals surface area contributed by atoms with Gasteiger partial charge in [0.15, 0.2) is 11.4 Å². The number of aromatic nitrogens is 2. The highest BCUT2D eigenvalue weighted by atomic mass is 32.1. The van der Waals surface area contributed by atoms with Crippen LogP contribution in [0.3, 0.4) is 0 Å². The van der Waals surface area contributed by atoms with Crippen molar-refractivity contribution in [2.45, 2.75) is 19.1 Å². The largest absolute Gasteiger partial charge is 0.483 e. The Morgan fingerprint density at radius 3 is 2.71 bits per heavy atom. The fourth-order valence-corrected chi connectivity index (χ4v) is 3.10. The molecule has 0 saturated heterocycles. The van der Waals surface area contributed by atoms with E-state index in [0.717, 1.165) is 0 Å². The third-order valence-corrected chi connectivity index (χ3v) is 4.55. The van der Waals surface area contributed by atoms with E-state index in [1.54, 1.807) is 30.3 Å². The molecular formula is C20H15F3N4O3S. The average Bonchev–Trinajstić information content (AvgIpc) is 2.72. The van der Waals surface area contributed by atoms with Crippen LogP contribution in [0.5, 0.6) is 5.75 Å². The van der Waals surface area contributed by atoms with Gasteiger partial charge in [-0.15, -0.1) is 0 Å². The number of aromatic amines is 1. The summed E-state index contributed by atoms with van der Waals surface area (Å²) in [7, 11) is 0. The number of fused-ring (bicyclic) bond motifs is 1. The van der Waals surface area contributed by atoms with Crippen LogP contribution < -0.4 is 15.6 Å². The summed E-state index contributed by atoms with van der Waals surface area (Å²) in [6.45, 7) is -1.52. The maximum atomic E-state index is 12.6. The molecule has 0 fully saturated rings. The number of nitrogens with one attached hydrogen (secondary N) is 2. The smallest absolute Gasteiger partial charge is 0.422 e. The predicted molar refractivity (Wildman–Crippen MR) is 109 cm³/mol. The number of nitriles is 1. The van der Waals surface area contributed by atoms with Gasteiger partial charge in [-0.1, -0.05) is 12.1 Å². The Hall–Kier alpha value is -3.65. The number of carbonyl (C=O) groups is 1. The van der Waals surface area contributed by atoms with Gasteiger partial charge in [-0.05, 0) is 42.5 Å². The van der Waals surface area contributed by atoms with Crippen LogP contribution >= 0.6 is 12.2 Å². The van der Waals surface area contributed by atoms with Gasteiger partial charge in [0, 0.05) is 18.7 Å². The zero-order chi connectivity index (χ0) is 22.6. The number of para-hydroxylation sites is 1. The van der Waals surface area contributed by atoms with E-state index in [-0.39, 0.29) is 40.3 Å². The van der Waals surface area contributed by atoms with Crippen molar-refractivity contribution < 1.29 is 22.7 Å². The number of hydrogen-bond acceptors (Lipinski definition) is 5. The Morgan fingerprint density at radius 1 is 1.26 bits per heavy atom. The summed E-state index contributed by atoms with van der Waals surface area (Å²) in [6.07, 6.45) is -4.63. The van der Waals surface area contributed by atoms with Crippen molar-refractivity contribution in [2.75, 3.05) is 11.9 Å². The lowest BCUT2D eigenvalue weighted by Gasteiger charge is -2.12. The summed E-state index contributed by atoms with van der Waals surface area (Å²) in [5.74, 6) is -0.714. The molecule has 0 spiro atoms. The van der Waals surface area contributed by atoms with E-state index < -0.39 is 18.7 Å². The lowest BCUT2D eigenvalue weighted by molar-refractivity contribution is -0.153. The first-order chi connectivity index (χ1) is 14.7. The molecule has 7 nitrogen and oxygen atoms in total. The summed E-state index contributed by atoms with van der Waals surface area (Å²) < 4.78 is 42.9. The third kappa shape index (κ3) is 5.49. The molecule has 1 amide bonds. The highest BCUT2D eigenvalue weighted by Crippen LogP contribution is 2.25. The Bertz CT molecular complexity index is 1290. The number of carbonyl (C=O) groups excluding carboxylic acids is 1. The number of H-pyrrole nitrogens is 1. The van der Waals surface area contributed by atoms with Crippen LogP contribution in [0.2, 0.25) is 0 Å². The maximum Gasteiger partial charge on any atom is 0.422 e. The van der Waals surface area contributed by atoms with E-state index in [0.29, 0.717) is 10.9 Å². The molecule has 0 radical (unpaired) electrons. The molecule has 3 rings (SSSR count). The standard InChI is InChI=1S/C20H15F3N4O3S/c21-20(22,23)11-30-16-6-5-13(9-12(16)10-24)25-17(28)7-8-27-18(29)14-3-1-2-4-15(14)26-19(27)31/h1-6,9H,7-8,11H2,(H,25,28)(H,26,31). The molecular weight excluding hydrogens is 433 g/mol. The van der Waals surface area contributed by atoms with Gasteiger partial charge < -0.3 is 15.0 Å². The summed E-state index contributed by atoms with van der Waals surface area (Å²) in [5, 5.41) is 12.1. The van der Waals surface area contributed by atoms with E-state index in [2.05, 4.69) is 15.0 Å². The molecule has 0 unspecified atom stereocenters. The molecule has 0 aliphatic carbocycles. The van der Waals surface area contributed by atoms with Gasteiger partial charge in [0.1, 0.15) is 11.8 Å². The molecule has 0 aliphatic rings. The van der Waals surface area contributed by atoms with Crippen LogP contribution in [0.1, 0.15) is 12.0 Å². The molecule has 1 heterocycles. The Kier molecular flexibility index (Phi) is 6.41. The molecule has 0 saturated carbocycles. The summed E-state index contributed by atoms with van der Waals surface area (Å²) in [6, 6.07) is 12.3. The molecule has 2 aromatic carbocycles. The third-order valence-electron chi connectivity index (χ3n) is 4.23. The van der Waals surface area contributed by atoms with Crippen LogP contribution in [0.25, 0.3) is 10.9 Å². The lowest BCUT2D eigenvalue weighted by Crippen LogP contribution is -2.25. The molecule has 0 aliphatic heterocycles. The lowest BCUT2D eigenvalue weighted by atomic mass is 10.2. The SMILES string of the molecule is N#Cc1cc(NC(=O)CCn2c(=S)[nH]c3ccccc3c2=O)ccc1OCC(F)(F)F. The molecule has 0 bridgehead atoms. The quantitative estimate of drug-likeness (QED) is 0.557. The normalized spacial score (nSPS) is 11.2.